The number of ketones is 1. The fraction of sp³-hybridized carbons (Fsp3) is 0.480. The standard InChI is InChI=1S/C25H28O8/c1-24(2)10-15(26)22-21(13-6-19(28-3)23(30-5)20(7-13)29-4)14-8-17-18(32-12-31-17)9-16(14)33-25(22,27)11-24/h6-9,21-22,27H,10-12H2,1-5H3/t21-,22+,25-/m1/s1. The van der Waals surface area contributed by atoms with Crippen LogP contribution in [0.5, 0.6) is 34.5 Å². The summed E-state index contributed by atoms with van der Waals surface area (Å²) < 4.78 is 33.9. The Labute approximate surface area is 192 Å². The molecule has 2 aromatic carbocycles. The number of carbonyl (C=O) groups excluding carboxylic acids is 1. The SMILES string of the molecule is COc1cc([C@@H]2c3cc4c(cc3O[C@]3(O)CC(C)(C)CC(=O)[C@@H]23)OCO4)cc(OC)c1OC. The third-order valence-corrected chi connectivity index (χ3v) is 6.72. The highest BCUT2D eigenvalue weighted by molar-refractivity contribution is 5.86. The molecule has 0 unspecified atom stereocenters. The van der Waals surface area contributed by atoms with E-state index >= 15 is 0 Å². The zero-order valence-corrected chi connectivity index (χ0v) is 19.4. The molecule has 8 nitrogen and oxygen atoms in total. The van der Waals surface area contributed by atoms with Crippen LogP contribution in [-0.2, 0) is 4.79 Å². The molecule has 1 fully saturated rings. The molecule has 1 N–H and O–H groups in total. The lowest BCUT2D eigenvalue weighted by atomic mass is 9.61. The summed E-state index contributed by atoms with van der Waals surface area (Å²) in [7, 11) is 4.62. The van der Waals surface area contributed by atoms with Crippen molar-refractivity contribution in [1.29, 1.82) is 0 Å². The molecule has 1 aliphatic carbocycles. The smallest absolute Gasteiger partial charge is 0.231 e. The predicted octanol–water partition coefficient (Wildman–Crippen LogP) is 3.66. The van der Waals surface area contributed by atoms with E-state index in [4.69, 9.17) is 28.4 Å². The molecule has 8 heteroatoms. The predicted molar refractivity (Wildman–Crippen MR) is 118 cm³/mol. The van der Waals surface area contributed by atoms with Crippen molar-refractivity contribution in [2.75, 3.05) is 28.1 Å². The molecule has 2 aromatic rings. The first-order chi connectivity index (χ1) is 15.7. The molecule has 0 bridgehead atoms. The number of rotatable bonds is 4. The van der Waals surface area contributed by atoms with Gasteiger partial charge < -0.3 is 33.5 Å². The molecule has 0 spiro atoms. The Balaban J connectivity index is 1.75. The van der Waals surface area contributed by atoms with E-state index < -0.39 is 23.0 Å². The van der Waals surface area contributed by atoms with Crippen molar-refractivity contribution in [3.8, 4) is 34.5 Å². The van der Waals surface area contributed by atoms with Gasteiger partial charge in [-0.3, -0.25) is 4.79 Å². The number of carbonyl (C=O) groups is 1. The first-order valence-electron chi connectivity index (χ1n) is 10.9. The maximum absolute atomic E-state index is 13.5. The highest BCUT2D eigenvalue weighted by Gasteiger charge is 2.59. The molecule has 0 amide bonds. The zero-order chi connectivity index (χ0) is 23.5. The summed E-state index contributed by atoms with van der Waals surface area (Å²) in [6.07, 6.45) is 0.648. The van der Waals surface area contributed by atoms with Crippen LogP contribution >= 0.6 is 0 Å². The summed E-state index contributed by atoms with van der Waals surface area (Å²) in [5, 5.41) is 11.8. The number of fused-ring (bicyclic) bond motifs is 3. The number of ether oxygens (including phenoxy) is 6. The van der Waals surface area contributed by atoms with Crippen LogP contribution in [0.1, 0.15) is 43.7 Å². The first-order valence-corrected chi connectivity index (χ1v) is 10.9. The number of methoxy groups -OCH3 is 3. The number of aliphatic hydroxyl groups is 1. The van der Waals surface area contributed by atoms with Crippen LogP contribution in [0.15, 0.2) is 24.3 Å². The minimum absolute atomic E-state index is 0.0594. The fourth-order valence-electron chi connectivity index (χ4n) is 5.53. The minimum Gasteiger partial charge on any atom is -0.493 e. The molecule has 0 saturated heterocycles. The summed E-state index contributed by atoms with van der Waals surface area (Å²) in [6, 6.07) is 7.19. The highest BCUT2D eigenvalue weighted by atomic mass is 16.7. The summed E-state index contributed by atoms with van der Waals surface area (Å²) in [5.41, 5.74) is 1.07. The van der Waals surface area contributed by atoms with Gasteiger partial charge in [0.05, 0.1) is 27.2 Å². The van der Waals surface area contributed by atoms with Crippen molar-refractivity contribution in [3.05, 3.63) is 35.4 Å². The lowest BCUT2D eigenvalue weighted by Gasteiger charge is -2.51. The molecule has 33 heavy (non-hydrogen) atoms. The Hall–Kier alpha value is -3.13. The molecule has 3 atom stereocenters. The molecule has 2 aliphatic heterocycles. The van der Waals surface area contributed by atoms with E-state index in [9.17, 15) is 9.90 Å². The largest absolute Gasteiger partial charge is 0.493 e. The Morgan fingerprint density at radius 1 is 0.939 bits per heavy atom. The third-order valence-electron chi connectivity index (χ3n) is 6.72. The molecule has 5 rings (SSSR count). The van der Waals surface area contributed by atoms with E-state index in [1.807, 2.05) is 32.0 Å². The van der Waals surface area contributed by atoms with Gasteiger partial charge in [-0.1, -0.05) is 13.8 Å². The molecule has 0 radical (unpaired) electrons. The lowest BCUT2D eigenvalue weighted by Crippen LogP contribution is -2.58. The summed E-state index contributed by atoms with van der Waals surface area (Å²) in [4.78, 5) is 13.5. The molecule has 2 heterocycles. The van der Waals surface area contributed by atoms with E-state index in [0.717, 1.165) is 11.1 Å². The van der Waals surface area contributed by atoms with Gasteiger partial charge in [-0.15, -0.1) is 0 Å². The van der Waals surface area contributed by atoms with E-state index in [1.54, 1.807) is 20.3 Å². The number of benzene rings is 2. The van der Waals surface area contributed by atoms with Crippen LogP contribution in [0.2, 0.25) is 0 Å². The minimum atomic E-state index is -1.68. The molecular formula is C25H28O8. The first kappa shape index (κ1) is 21.7. The lowest BCUT2D eigenvalue weighted by molar-refractivity contribution is -0.222. The van der Waals surface area contributed by atoms with Gasteiger partial charge >= 0.3 is 0 Å². The van der Waals surface area contributed by atoms with Crippen LogP contribution in [0.3, 0.4) is 0 Å². The van der Waals surface area contributed by atoms with Gasteiger partial charge in [0.2, 0.25) is 18.3 Å². The second kappa shape index (κ2) is 7.45. The average molecular weight is 456 g/mol. The average Bonchev–Trinajstić information content (AvgIpc) is 3.21. The Kier molecular flexibility index (Phi) is 4.90. The van der Waals surface area contributed by atoms with Gasteiger partial charge in [0.25, 0.3) is 0 Å². The van der Waals surface area contributed by atoms with Crippen molar-refractivity contribution in [3.63, 3.8) is 0 Å². The Bertz CT molecular complexity index is 1100. The second-order valence-corrected chi connectivity index (χ2v) is 9.59. The Morgan fingerprint density at radius 3 is 2.18 bits per heavy atom. The highest BCUT2D eigenvalue weighted by Crippen LogP contribution is 2.58. The van der Waals surface area contributed by atoms with Crippen LogP contribution in [-0.4, -0.2) is 44.8 Å². The topological polar surface area (TPSA) is 92.7 Å². The van der Waals surface area contributed by atoms with Crippen molar-refractivity contribution in [2.24, 2.45) is 11.3 Å². The van der Waals surface area contributed by atoms with Crippen molar-refractivity contribution in [2.45, 2.75) is 38.4 Å². The van der Waals surface area contributed by atoms with Crippen molar-refractivity contribution < 1.29 is 38.3 Å². The monoisotopic (exact) mass is 456 g/mol. The summed E-state index contributed by atoms with van der Waals surface area (Å²) >= 11 is 0. The third kappa shape index (κ3) is 3.35. The van der Waals surface area contributed by atoms with Gasteiger partial charge in [-0.25, -0.2) is 0 Å². The van der Waals surface area contributed by atoms with Crippen LogP contribution in [0.25, 0.3) is 0 Å². The Morgan fingerprint density at radius 2 is 1.58 bits per heavy atom. The van der Waals surface area contributed by atoms with Crippen LogP contribution in [0.4, 0.5) is 0 Å². The molecule has 0 aromatic heterocycles. The molecule has 176 valence electrons. The van der Waals surface area contributed by atoms with E-state index in [1.165, 1.54) is 7.11 Å². The maximum Gasteiger partial charge on any atom is 0.231 e. The number of hydrogen-bond donors (Lipinski definition) is 1. The second-order valence-electron chi connectivity index (χ2n) is 9.59. The fourth-order valence-corrected chi connectivity index (χ4v) is 5.53. The van der Waals surface area contributed by atoms with Gasteiger partial charge in [-0.2, -0.15) is 0 Å². The number of Topliss-reactive ketones (excluding diaryl/α,β-unsaturated/α-hetero) is 1. The molecule has 1 saturated carbocycles. The number of hydrogen-bond acceptors (Lipinski definition) is 8. The summed E-state index contributed by atoms with van der Waals surface area (Å²) in [5.74, 6) is -0.118. The van der Waals surface area contributed by atoms with E-state index in [2.05, 4.69) is 0 Å². The molecule has 3 aliphatic rings. The zero-order valence-electron chi connectivity index (χ0n) is 19.4. The van der Waals surface area contributed by atoms with Crippen LogP contribution in [0, 0.1) is 11.3 Å². The quantitative estimate of drug-likeness (QED) is 0.745. The van der Waals surface area contributed by atoms with Gasteiger partial charge in [0.15, 0.2) is 23.0 Å². The molecular weight excluding hydrogens is 428 g/mol. The van der Waals surface area contributed by atoms with Gasteiger partial charge in [-0.05, 0) is 29.2 Å². The van der Waals surface area contributed by atoms with Crippen molar-refractivity contribution >= 4 is 5.78 Å². The van der Waals surface area contributed by atoms with Gasteiger partial charge in [0, 0.05) is 30.4 Å². The van der Waals surface area contributed by atoms with E-state index in [0.29, 0.717) is 47.3 Å². The maximum atomic E-state index is 13.5. The summed E-state index contributed by atoms with van der Waals surface area (Å²) in [6.45, 7) is 4.03. The van der Waals surface area contributed by atoms with E-state index in [-0.39, 0.29) is 12.6 Å². The normalized spacial score (nSPS) is 26.7. The van der Waals surface area contributed by atoms with Crippen LogP contribution < -0.4 is 28.4 Å². The van der Waals surface area contributed by atoms with Crippen molar-refractivity contribution in [1.82, 2.24) is 0 Å². The van der Waals surface area contributed by atoms with Gasteiger partial charge in [0.1, 0.15) is 11.5 Å².